The summed E-state index contributed by atoms with van der Waals surface area (Å²) in [7, 11) is -1.46. The van der Waals surface area contributed by atoms with Crippen molar-refractivity contribution in [1.82, 2.24) is 24.1 Å². The molecule has 0 unspecified atom stereocenters. The van der Waals surface area contributed by atoms with E-state index in [1.165, 1.54) is 4.31 Å². The zero-order valence-electron chi connectivity index (χ0n) is 16.4. The lowest BCUT2D eigenvalue weighted by Gasteiger charge is -2.25. The fourth-order valence-electron chi connectivity index (χ4n) is 3.04. The van der Waals surface area contributed by atoms with Crippen molar-refractivity contribution in [3.05, 3.63) is 41.1 Å². The molecule has 1 N–H and O–H groups in total. The quantitative estimate of drug-likeness (QED) is 0.810. The Bertz CT molecular complexity index is 1050. The van der Waals surface area contributed by atoms with Gasteiger partial charge in [-0.1, -0.05) is 6.08 Å². The van der Waals surface area contributed by atoms with Gasteiger partial charge in [0.05, 0.1) is 29.0 Å². The van der Waals surface area contributed by atoms with Crippen molar-refractivity contribution in [2.45, 2.75) is 27.2 Å². The second-order valence-corrected chi connectivity index (χ2v) is 8.93. The Kier molecular flexibility index (Phi) is 5.61. The Hall–Kier alpha value is -2.59. The Balaban J connectivity index is 0.00000225. The summed E-state index contributed by atoms with van der Waals surface area (Å²) >= 11 is 0. The van der Waals surface area contributed by atoms with E-state index in [4.69, 9.17) is 0 Å². The molecule has 0 radical (unpaired) electrons. The van der Waals surface area contributed by atoms with Crippen LogP contribution in [0.3, 0.4) is 0 Å². The highest BCUT2D eigenvalue weighted by Crippen LogP contribution is 2.23. The van der Waals surface area contributed by atoms with Gasteiger partial charge in [0.2, 0.25) is 10.0 Å². The summed E-state index contributed by atoms with van der Waals surface area (Å²) in [6, 6.07) is 1.77. The van der Waals surface area contributed by atoms with Crippen molar-refractivity contribution in [1.29, 1.82) is 0 Å². The van der Waals surface area contributed by atoms with Crippen LogP contribution < -0.4 is 5.32 Å². The minimum absolute atomic E-state index is 0. The van der Waals surface area contributed by atoms with Gasteiger partial charge in [-0.2, -0.15) is 9.40 Å². The van der Waals surface area contributed by atoms with E-state index in [2.05, 4.69) is 20.4 Å². The summed E-state index contributed by atoms with van der Waals surface area (Å²) in [4.78, 5) is 21.5. The SMILES string of the molecule is CCS(=O)(=O)N1CC=C(c2cnc(C)c(C(=O)Nc3cc(C)nn3C)n2)CC1.[HH].[HH]. The van der Waals surface area contributed by atoms with Crippen molar-refractivity contribution in [2.75, 3.05) is 24.2 Å². The van der Waals surface area contributed by atoms with E-state index < -0.39 is 10.0 Å². The van der Waals surface area contributed by atoms with E-state index >= 15 is 0 Å². The van der Waals surface area contributed by atoms with Crippen LogP contribution in [0.25, 0.3) is 5.57 Å². The smallest absolute Gasteiger partial charge is 0.277 e. The summed E-state index contributed by atoms with van der Waals surface area (Å²) in [6.07, 6.45) is 3.98. The number of nitrogens with one attached hydrogen (secondary N) is 1. The number of carbonyl (C=O) groups excluding carboxylic acids is 1. The molecule has 2 aromatic heterocycles. The zero-order chi connectivity index (χ0) is 20.5. The van der Waals surface area contributed by atoms with E-state index in [-0.39, 0.29) is 20.2 Å². The number of hydrogen-bond donors (Lipinski definition) is 1. The molecule has 0 aromatic carbocycles. The molecule has 2 aromatic rings. The van der Waals surface area contributed by atoms with E-state index in [9.17, 15) is 13.2 Å². The number of rotatable bonds is 5. The number of anilines is 1. The van der Waals surface area contributed by atoms with Gasteiger partial charge >= 0.3 is 0 Å². The average Bonchev–Trinajstić information content (AvgIpc) is 2.99. The molecule has 0 aliphatic carbocycles. The molecule has 0 fully saturated rings. The van der Waals surface area contributed by atoms with Crippen LogP contribution >= 0.6 is 0 Å². The Labute approximate surface area is 167 Å². The largest absolute Gasteiger partial charge is 0.305 e. The monoisotopic (exact) mass is 408 g/mol. The van der Waals surface area contributed by atoms with E-state index in [1.54, 1.807) is 37.8 Å². The molecular formula is C18H28N6O3S. The van der Waals surface area contributed by atoms with Gasteiger partial charge in [0.15, 0.2) is 0 Å². The molecule has 3 heterocycles. The third-order valence-electron chi connectivity index (χ3n) is 4.67. The molecule has 10 heteroatoms. The summed E-state index contributed by atoms with van der Waals surface area (Å²) in [5.41, 5.74) is 3.03. The maximum absolute atomic E-state index is 12.7. The average molecular weight is 409 g/mol. The lowest BCUT2D eigenvalue weighted by Crippen LogP contribution is -2.35. The highest BCUT2D eigenvalue weighted by atomic mass is 32.2. The number of amides is 1. The normalized spacial score (nSPS) is 15.4. The molecule has 1 aliphatic heterocycles. The lowest BCUT2D eigenvalue weighted by atomic mass is 10.1. The summed E-state index contributed by atoms with van der Waals surface area (Å²) < 4.78 is 27.0. The predicted octanol–water partition coefficient (Wildman–Crippen LogP) is 2.01. The Morgan fingerprint density at radius 1 is 1.36 bits per heavy atom. The van der Waals surface area contributed by atoms with Crippen LogP contribution in [0.1, 0.15) is 43.8 Å². The Morgan fingerprint density at radius 3 is 2.68 bits per heavy atom. The topological polar surface area (TPSA) is 110 Å². The first-order valence-corrected chi connectivity index (χ1v) is 10.6. The summed E-state index contributed by atoms with van der Waals surface area (Å²) in [6.45, 7) is 5.91. The Morgan fingerprint density at radius 2 is 2.11 bits per heavy atom. The molecule has 0 saturated heterocycles. The second-order valence-electron chi connectivity index (χ2n) is 6.68. The molecule has 154 valence electrons. The van der Waals surface area contributed by atoms with Gasteiger partial charge in [0.25, 0.3) is 5.91 Å². The van der Waals surface area contributed by atoms with Crippen LogP contribution in [0.15, 0.2) is 18.3 Å². The van der Waals surface area contributed by atoms with Gasteiger partial charge in [-0.3, -0.25) is 14.5 Å². The zero-order valence-corrected chi connectivity index (χ0v) is 17.2. The van der Waals surface area contributed by atoms with Crippen LogP contribution in [-0.2, 0) is 17.1 Å². The van der Waals surface area contributed by atoms with Crippen LogP contribution in [0.4, 0.5) is 5.82 Å². The first kappa shape index (κ1) is 20.2. The van der Waals surface area contributed by atoms with Gasteiger partial charge in [-0.25, -0.2) is 13.4 Å². The molecule has 0 spiro atoms. The number of aryl methyl sites for hydroxylation is 3. The molecule has 1 aliphatic rings. The third-order valence-corrected chi connectivity index (χ3v) is 6.52. The molecular weight excluding hydrogens is 380 g/mol. The fraction of sp³-hybridized carbons (Fsp3) is 0.444. The minimum Gasteiger partial charge on any atom is -0.305 e. The molecule has 1 amide bonds. The van der Waals surface area contributed by atoms with Crippen LogP contribution in [0.2, 0.25) is 0 Å². The van der Waals surface area contributed by atoms with Crippen molar-refractivity contribution < 1.29 is 16.1 Å². The highest BCUT2D eigenvalue weighted by molar-refractivity contribution is 7.89. The van der Waals surface area contributed by atoms with Crippen LogP contribution in [-0.4, -0.2) is 57.2 Å². The second kappa shape index (κ2) is 7.80. The van der Waals surface area contributed by atoms with Gasteiger partial charge < -0.3 is 5.32 Å². The molecule has 0 bridgehead atoms. The molecule has 0 saturated carbocycles. The number of nitrogens with zero attached hydrogens (tertiary/aromatic N) is 5. The fourth-order valence-corrected chi connectivity index (χ4v) is 4.08. The van der Waals surface area contributed by atoms with Gasteiger partial charge in [0.1, 0.15) is 11.5 Å². The first-order valence-electron chi connectivity index (χ1n) is 9.04. The molecule has 28 heavy (non-hydrogen) atoms. The minimum atomic E-state index is -3.21. The van der Waals surface area contributed by atoms with Gasteiger partial charge in [-0.05, 0) is 32.8 Å². The number of sulfonamides is 1. The number of hydrogen-bond acceptors (Lipinski definition) is 6. The number of carbonyl (C=O) groups is 1. The summed E-state index contributed by atoms with van der Waals surface area (Å²) in [5.74, 6) is 0.297. The van der Waals surface area contributed by atoms with Gasteiger partial charge in [0, 0.05) is 29.1 Å². The standard InChI is InChI=1S/C18H24N6O3S.2H2/c1-5-28(26,27)24-8-6-14(7-9-24)15-11-19-13(3)17(20-15)18(25)21-16-10-12(2)22-23(16)4;;/h6,10-11H,5,7-9H2,1-4H3,(H,21,25);2*1H. The van der Waals surface area contributed by atoms with E-state index in [0.29, 0.717) is 36.7 Å². The lowest BCUT2D eigenvalue weighted by molar-refractivity contribution is 0.102. The van der Waals surface area contributed by atoms with Crippen molar-refractivity contribution in [3.63, 3.8) is 0 Å². The molecule has 9 nitrogen and oxygen atoms in total. The van der Waals surface area contributed by atoms with Crippen LogP contribution in [0, 0.1) is 13.8 Å². The third kappa shape index (κ3) is 4.12. The molecule has 0 atom stereocenters. The van der Waals surface area contributed by atoms with Crippen molar-refractivity contribution in [3.8, 4) is 0 Å². The predicted molar refractivity (Wildman–Crippen MR) is 111 cm³/mol. The van der Waals surface area contributed by atoms with E-state index in [0.717, 1.165) is 11.3 Å². The van der Waals surface area contributed by atoms with Crippen LogP contribution in [0.5, 0.6) is 0 Å². The maximum Gasteiger partial charge on any atom is 0.277 e. The molecule has 3 rings (SSSR count). The highest BCUT2D eigenvalue weighted by Gasteiger charge is 2.24. The maximum atomic E-state index is 12.7. The van der Waals surface area contributed by atoms with Crippen molar-refractivity contribution >= 4 is 27.3 Å². The number of aromatic nitrogens is 4. The van der Waals surface area contributed by atoms with E-state index in [1.807, 2.05) is 13.0 Å². The van der Waals surface area contributed by atoms with Crippen molar-refractivity contribution in [2.24, 2.45) is 7.05 Å². The summed E-state index contributed by atoms with van der Waals surface area (Å²) in [5, 5.41) is 7.01. The van der Waals surface area contributed by atoms with Gasteiger partial charge in [-0.15, -0.1) is 0 Å². The first-order chi connectivity index (χ1) is 13.2.